The van der Waals surface area contributed by atoms with Crippen molar-refractivity contribution < 1.29 is 4.74 Å². The van der Waals surface area contributed by atoms with Gasteiger partial charge in [0, 0.05) is 6.61 Å². The molecule has 0 unspecified atom stereocenters. The zero-order valence-corrected chi connectivity index (χ0v) is 6.31. The van der Waals surface area contributed by atoms with Gasteiger partial charge in [0.2, 0.25) is 0 Å². The standard InChI is InChI=1S/C8H15O/c1-4-8(3)6-7-9-5-2/h4H,2,5-7H2,1,3H3. The van der Waals surface area contributed by atoms with E-state index in [1.54, 1.807) is 0 Å². The van der Waals surface area contributed by atoms with Gasteiger partial charge in [-0.25, -0.2) is 0 Å². The largest absolute Gasteiger partial charge is 0.381 e. The topological polar surface area (TPSA) is 9.23 Å². The van der Waals surface area contributed by atoms with E-state index in [9.17, 15) is 0 Å². The summed E-state index contributed by atoms with van der Waals surface area (Å²) in [4.78, 5) is 0. The summed E-state index contributed by atoms with van der Waals surface area (Å²) in [6.07, 6.45) is 3.14. The van der Waals surface area contributed by atoms with Gasteiger partial charge in [-0.15, -0.1) is 0 Å². The lowest BCUT2D eigenvalue weighted by atomic mass is 10.2. The summed E-state index contributed by atoms with van der Waals surface area (Å²) in [7, 11) is 0. The Kier molecular flexibility index (Phi) is 5.64. The van der Waals surface area contributed by atoms with Crippen molar-refractivity contribution in [2.24, 2.45) is 0 Å². The second kappa shape index (κ2) is 5.83. The molecule has 1 nitrogen and oxygen atoms in total. The highest BCUT2D eigenvalue weighted by Crippen LogP contribution is 1.97. The minimum atomic E-state index is 0.580. The third kappa shape index (κ3) is 5.57. The number of hydrogen-bond acceptors (Lipinski definition) is 1. The molecule has 0 amide bonds. The summed E-state index contributed by atoms with van der Waals surface area (Å²) in [5.74, 6) is 0. The fourth-order valence-electron chi connectivity index (χ4n) is 0.480. The van der Waals surface area contributed by atoms with Crippen molar-refractivity contribution in [2.75, 3.05) is 13.2 Å². The molecule has 0 aliphatic heterocycles. The van der Waals surface area contributed by atoms with Crippen LogP contribution < -0.4 is 0 Å². The maximum Gasteiger partial charge on any atom is 0.0503 e. The van der Waals surface area contributed by atoms with Crippen molar-refractivity contribution in [3.05, 3.63) is 18.6 Å². The SMILES string of the molecule is [CH2]COCCC(C)=CC. The molecule has 0 heterocycles. The molecule has 0 aromatic heterocycles. The van der Waals surface area contributed by atoms with E-state index in [1.807, 2.05) is 6.92 Å². The molecule has 0 fully saturated rings. The van der Waals surface area contributed by atoms with Crippen LogP contribution in [0.4, 0.5) is 0 Å². The van der Waals surface area contributed by atoms with Crippen molar-refractivity contribution >= 4 is 0 Å². The minimum Gasteiger partial charge on any atom is -0.381 e. The Bertz CT molecular complexity index is 84.6. The maximum atomic E-state index is 5.05. The van der Waals surface area contributed by atoms with Crippen LogP contribution in [-0.2, 0) is 4.74 Å². The zero-order chi connectivity index (χ0) is 7.11. The third-order valence-electron chi connectivity index (χ3n) is 1.28. The van der Waals surface area contributed by atoms with E-state index in [1.165, 1.54) is 5.57 Å². The molecule has 0 rings (SSSR count). The van der Waals surface area contributed by atoms with Gasteiger partial charge < -0.3 is 4.74 Å². The molecule has 0 saturated heterocycles. The molecule has 0 saturated carbocycles. The van der Waals surface area contributed by atoms with Crippen LogP contribution in [0.15, 0.2) is 11.6 Å². The first-order chi connectivity index (χ1) is 4.31. The van der Waals surface area contributed by atoms with Crippen molar-refractivity contribution in [1.29, 1.82) is 0 Å². The van der Waals surface area contributed by atoms with E-state index in [2.05, 4.69) is 19.9 Å². The number of ether oxygens (including phenoxy) is 1. The molecule has 0 N–H and O–H groups in total. The summed E-state index contributed by atoms with van der Waals surface area (Å²) in [5.41, 5.74) is 1.38. The molecule has 0 aliphatic rings. The molecule has 0 aliphatic carbocycles. The lowest BCUT2D eigenvalue weighted by Crippen LogP contribution is -1.93. The molecular formula is C8H15O. The highest BCUT2D eigenvalue weighted by Gasteiger charge is 1.86. The number of allylic oxidation sites excluding steroid dienone is 1. The van der Waals surface area contributed by atoms with Crippen molar-refractivity contribution in [3.8, 4) is 0 Å². The van der Waals surface area contributed by atoms with Crippen LogP contribution in [0.1, 0.15) is 20.3 Å². The van der Waals surface area contributed by atoms with Gasteiger partial charge in [-0.2, -0.15) is 0 Å². The number of rotatable bonds is 4. The first-order valence-corrected chi connectivity index (χ1v) is 3.30. The Morgan fingerprint density at radius 3 is 2.78 bits per heavy atom. The van der Waals surface area contributed by atoms with Crippen LogP contribution in [-0.4, -0.2) is 13.2 Å². The average molecular weight is 127 g/mol. The monoisotopic (exact) mass is 127 g/mol. The van der Waals surface area contributed by atoms with E-state index >= 15 is 0 Å². The van der Waals surface area contributed by atoms with Gasteiger partial charge in [0.1, 0.15) is 0 Å². The summed E-state index contributed by atoms with van der Waals surface area (Å²) in [5, 5.41) is 0. The summed E-state index contributed by atoms with van der Waals surface area (Å²) in [6.45, 7) is 9.10. The highest BCUT2D eigenvalue weighted by molar-refractivity contribution is 4.94. The van der Waals surface area contributed by atoms with Gasteiger partial charge >= 0.3 is 0 Å². The van der Waals surface area contributed by atoms with Crippen LogP contribution >= 0.6 is 0 Å². The quantitative estimate of drug-likeness (QED) is 0.415. The Balaban J connectivity index is 3.07. The zero-order valence-electron chi connectivity index (χ0n) is 6.31. The molecule has 1 radical (unpaired) electrons. The second-order valence-electron chi connectivity index (χ2n) is 2.00. The first-order valence-electron chi connectivity index (χ1n) is 3.30. The fourth-order valence-corrected chi connectivity index (χ4v) is 0.480. The maximum absolute atomic E-state index is 5.05. The lowest BCUT2D eigenvalue weighted by Gasteiger charge is -1.99. The van der Waals surface area contributed by atoms with E-state index < -0.39 is 0 Å². The summed E-state index contributed by atoms with van der Waals surface area (Å²) >= 11 is 0. The first kappa shape index (κ1) is 8.70. The van der Waals surface area contributed by atoms with E-state index in [-0.39, 0.29) is 0 Å². The van der Waals surface area contributed by atoms with Crippen molar-refractivity contribution in [1.82, 2.24) is 0 Å². The van der Waals surface area contributed by atoms with Crippen LogP contribution in [0.3, 0.4) is 0 Å². The highest BCUT2D eigenvalue weighted by atomic mass is 16.5. The predicted molar refractivity (Wildman–Crippen MR) is 40.2 cm³/mol. The van der Waals surface area contributed by atoms with Crippen LogP contribution in [0, 0.1) is 6.92 Å². The molecular weight excluding hydrogens is 112 g/mol. The average Bonchev–Trinajstić information content (AvgIpc) is 1.89. The third-order valence-corrected chi connectivity index (χ3v) is 1.28. The van der Waals surface area contributed by atoms with Gasteiger partial charge in [0.15, 0.2) is 0 Å². The summed E-state index contributed by atoms with van der Waals surface area (Å²) in [6, 6.07) is 0. The molecule has 0 bridgehead atoms. The Labute approximate surface area is 57.7 Å². The lowest BCUT2D eigenvalue weighted by molar-refractivity contribution is 0.164. The Hall–Kier alpha value is -0.300. The van der Waals surface area contributed by atoms with Gasteiger partial charge in [0.05, 0.1) is 6.61 Å². The number of hydrogen-bond donors (Lipinski definition) is 0. The predicted octanol–water partition coefficient (Wildman–Crippen LogP) is 2.19. The normalized spacial score (nSPS) is 12.1. The molecule has 0 spiro atoms. The van der Waals surface area contributed by atoms with Crippen LogP contribution in [0.25, 0.3) is 0 Å². The Morgan fingerprint density at radius 1 is 1.67 bits per heavy atom. The molecule has 0 aromatic carbocycles. The van der Waals surface area contributed by atoms with Crippen LogP contribution in [0.2, 0.25) is 0 Å². The molecule has 1 heteroatoms. The van der Waals surface area contributed by atoms with Gasteiger partial charge in [0.25, 0.3) is 0 Å². The Morgan fingerprint density at radius 2 is 2.33 bits per heavy atom. The molecule has 0 atom stereocenters. The van der Waals surface area contributed by atoms with Crippen molar-refractivity contribution in [2.45, 2.75) is 20.3 Å². The van der Waals surface area contributed by atoms with E-state index in [0.29, 0.717) is 6.61 Å². The van der Waals surface area contributed by atoms with Crippen molar-refractivity contribution in [3.63, 3.8) is 0 Å². The van der Waals surface area contributed by atoms with Gasteiger partial charge in [-0.1, -0.05) is 11.6 Å². The van der Waals surface area contributed by atoms with Crippen LogP contribution in [0.5, 0.6) is 0 Å². The molecule has 53 valence electrons. The second-order valence-corrected chi connectivity index (χ2v) is 2.00. The van der Waals surface area contributed by atoms with Gasteiger partial charge in [-0.05, 0) is 27.2 Å². The van der Waals surface area contributed by atoms with E-state index in [0.717, 1.165) is 13.0 Å². The minimum absolute atomic E-state index is 0.580. The fraction of sp³-hybridized carbons (Fsp3) is 0.625. The van der Waals surface area contributed by atoms with E-state index in [4.69, 9.17) is 4.74 Å². The smallest absolute Gasteiger partial charge is 0.0503 e. The molecule has 9 heavy (non-hydrogen) atoms. The van der Waals surface area contributed by atoms with Gasteiger partial charge in [-0.3, -0.25) is 0 Å². The molecule has 0 aromatic rings. The summed E-state index contributed by atoms with van der Waals surface area (Å²) < 4.78 is 5.05.